The van der Waals surface area contributed by atoms with Gasteiger partial charge >= 0.3 is 6.18 Å². The Bertz CT molecular complexity index is 1480. The summed E-state index contributed by atoms with van der Waals surface area (Å²) in [5.41, 5.74) is -1.56. The predicted molar refractivity (Wildman–Crippen MR) is 151 cm³/mol. The van der Waals surface area contributed by atoms with Crippen LogP contribution < -0.4 is 20.1 Å². The second-order valence-electron chi connectivity index (χ2n) is 11.2. The van der Waals surface area contributed by atoms with Crippen LogP contribution in [0.4, 0.5) is 19.0 Å². The molecule has 4 heterocycles. The normalized spacial score (nSPS) is 19.7. The highest BCUT2D eigenvalue weighted by molar-refractivity contribution is 7.83. The van der Waals surface area contributed by atoms with E-state index in [1.165, 1.54) is 29.1 Å². The summed E-state index contributed by atoms with van der Waals surface area (Å²) in [5.74, 6) is 0.219. The molecule has 226 valence electrons. The van der Waals surface area contributed by atoms with Gasteiger partial charge in [0.25, 0.3) is 5.91 Å². The second-order valence-corrected chi connectivity index (χ2v) is 12.7. The van der Waals surface area contributed by atoms with Crippen LogP contribution >= 0.6 is 11.6 Å². The molecule has 3 aromatic heterocycles. The number of rotatable bonds is 11. The quantitative estimate of drug-likeness (QED) is 0.259. The van der Waals surface area contributed by atoms with E-state index < -0.39 is 28.5 Å². The highest BCUT2D eigenvalue weighted by Crippen LogP contribution is 2.59. The maximum Gasteiger partial charge on any atom is 0.394 e. The maximum absolute atomic E-state index is 13.1. The summed E-state index contributed by atoms with van der Waals surface area (Å²) < 4.78 is 61.3. The standard InChI is InChI=1S/C27H31ClF3N7O3S/c1-25(2)10-8-17(35-25)16-32-19-4-3-5-22(33-19)42(40)37-24(39)18-6-7-20(34-23(18)28)38-14-9-21(36-38)41-15-13-26(11-12-26)27(29,30)31/h3-7,9,14,17,35H,8,10-13,15-16H2,1-2H3,(H,32,33)(H,37,39). The first kappa shape index (κ1) is 30.2. The lowest BCUT2D eigenvalue weighted by molar-refractivity contribution is -0.190. The van der Waals surface area contributed by atoms with Crippen molar-refractivity contribution in [1.82, 2.24) is 29.8 Å². The molecule has 10 nitrogen and oxygen atoms in total. The molecule has 3 N–H and O–H groups in total. The summed E-state index contributed by atoms with van der Waals surface area (Å²) in [6, 6.07) is 9.69. The molecule has 3 aromatic rings. The SMILES string of the molecule is CC1(C)CCC(CNc2cccc(S(=O)NC(=O)c3ccc(-n4ccc(OCCC5(C(F)(F)F)CC5)n4)nc3Cl)n2)N1. The van der Waals surface area contributed by atoms with Crippen molar-refractivity contribution >= 4 is 34.3 Å². The Morgan fingerprint density at radius 3 is 2.64 bits per heavy atom. The van der Waals surface area contributed by atoms with Gasteiger partial charge in [0.15, 0.2) is 21.8 Å². The molecule has 42 heavy (non-hydrogen) atoms. The summed E-state index contributed by atoms with van der Waals surface area (Å²) in [7, 11) is -1.96. The van der Waals surface area contributed by atoms with E-state index in [0.717, 1.165) is 12.8 Å². The van der Waals surface area contributed by atoms with Crippen molar-refractivity contribution in [2.45, 2.75) is 68.7 Å². The molecule has 1 saturated carbocycles. The second kappa shape index (κ2) is 11.8. The minimum Gasteiger partial charge on any atom is -0.477 e. The van der Waals surface area contributed by atoms with E-state index in [1.54, 1.807) is 18.2 Å². The van der Waals surface area contributed by atoms with Crippen LogP contribution in [0.25, 0.3) is 5.82 Å². The number of hydrogen-bond donors (Lipinski definition) is 3. The van der Waals surface area contributed by atoms with Crippen LogP contribution in [0.3, 0.4) is 0 Å². The van der Waals surface area contributed by atoms with Gasteiger partial charge in [-0.3, -0.25) is 9.52 Å². The lowest BCUT2D eigenvalue weighted by Crippen LogP contribution is -2.40. The topological polar surface area (TPSA) is 123 Å². The summed E-state index contributed by atoms with van der Waals surface area (Å²) >= 11 is 6.26. The van der Waals surface area contributed by atoms with E-state index in [2.05, 4.69) is 44.3 Å². The highest BCUT2D eigenvalue weighted by atomic mass is 35.5. The molecular formula is C27H31ClF3N7O3S. The number of alkyl halides is 3. The van der Waals surface area contributed by atoms with Crippen molar-refractivity contribution < 1.29 is 26.9 Å². The smallest absolute Gasteiger partial charge is 0.394 e. The molecule has 1 saturated heterocycles. The zero-order valence-electron chi connectivity index (χ0n) is 23.0. The molecule has 2 aliphatic rings. The van der Waals surface area contributed by atoms with Gasteiger partial charge in [-0.05, 0) is 70.2 Å². The first-order valence-corrected chi connectivity index (χ1v) is 15.0. The number of halogens is 4. The van der Waals surface area contributed by atoms with Crippen molar-refractivity contribution in [2.75, 3.05) is 18.5 Å². The number of nitrogens with one attached hydrogen (secondary N) is 3. The van der Waals surface area contributed by atoms with Gasteiger partial charge in [-0.1, -0.05) is 17.7 Å². The monoisotopic (exact) mass is 625 g/mol. The zero-order valence-corrected chi connectivity index (χ0v) is 24.6. The molecule has 1 amide bonds. The van der Waals surface area contributed by atoms with Gasteiger partial charge in [0.2, 0.25) is 5.88 Å². The molecule has 0 aromatic carbocycles. The maximum atomic E-state index is 13.1. The van der Waals surface area contributed by atoms with Crippen LogP contribution in [0.5, 0.6) is 5.88 Å². The van der Waals surface area contributed by atoms with Gasteiger partial charge in [-0.15, -0.1) is 5.10 Å². The number of amides is 1. The number of carbonyl (C=O) groups excluding carboxylic acids is 1. The summed E-state index contributed by atoms with van der Waals surface area (Å²) in [6.07, 6.45) is -0.521. The van der Waals surface area contributed by atoms with Crippen molar-refractivity contribution in [2.24, 2.45) is 5.41 Å². The molecule has 15 heteroatoms. The molecular weight excluding hydrogens is 595 g/mol. The average Bonchev–Trinajstić information content (AvgIpc) is 3.45. The van der Waals surface area contributed by atoms with E-state index in [4.69, 9.17) is 16.3 Å². The fraction of sp³-hybridized carbons (Fsp3) is 0.481. The molecule has 1 aliphatic heterocycles. The summed E-state index contributed by atoms with van der Waals surface area (Å²) in [6.45, 7) is 4.86. The van der Waals surface area contributed by atoms with E-state index >= 15 is 0 Å². The number of nitrogens with zero attached hydrogens (tertiary/aromatic N) is 4. The Balaban J connectivity index is 1.15. The molecule has 0 radical (unpaired) electrons. The first-order chi connectivity index (χ1) is 19.8. The molecule has 0 spiro atoms. The van der Waals surface area contributed by atoms with E-state index in [1.807, 2.05) is 0 Å². The van der Waals surface area contributed by atoms with Crippen LogP contribution in [0, 0.1) is 5.41 Å². The minimum atomic E-state index is -4.24. The van der Waals surface area contributed by atoms with Crippen LogP contribution in [0.2, 0.25) is 5.15 Å². The summed E-state index contributed by atoms with van der Waals surface area (Å²) in [5, 5.41) is 11.0. The average molecular weight is 626 g/mol. The number of pyridine rings is 2. The van der Waals surface area contributed by atoms with Crippen molar-refractivity contribution in [3.63, 3.8) is 0 Å². The van der Waals surface area contributed by atoms with Crippen molar-refractivity contribution in [3.8, 4) is 11.7 Å². The van der Waals surface area contributed by atoms with Gasteiger partial charge in [0.1, 0.15) is 11.0 Å². The number of anilines is 1. The van der Waals surface area contributed by atoms with Crippen LogP contribution in [-0.2, 0) is 11.0 Å². The largest absolute Gasteiger partial charge is 0.477 e. The Labute approximate surface area is 248 Å². The van der Waals surface area contributed by atoms with Gasteiger partial charge in [0.05, 0.1) is 17.6 Å². The Morgan fingerprint density at radius 2 is 1.98 bits per heavy atom. The summed E-state index contributed by atoms with van der Waals surface area (Å²) in [4.78, 5) is 21.4. The van der Waals surface area contributed by atoms with Crippen LogP contribution in [-0.4, -0.2) is 60.8 Å². The predicted octanol–water partition coefficient (Wildman–Crippen LogP) is 4.82. The van der Waals surface area contributed by atoms with E-state index in [0.29, 0.717) is 18.4 Å². The fourth-order valence-electron chi connectivity index (χ4n) is 4.83. The van der Waals surface area contributed by atoms with Gasteiger partial charge in [0, 0.05) is 30.4 Å². The number of carbonyl (C=O) groups is 1. The van der Waals surface area contributed by atoms with E-state index in [-0.39, 0.29) is 58.8 Å². The Morgan fingerprint density at radius 1 is 1.19 bits per heavy atom. The molecule has 2 fully saturated rings. The van der Waals surface area contributed by atoms with Gasteiger partial charge in [-0.25, -0.2) is 18.9 Å². The van der Waals surface area contributed by atoms with Crippen LogP contribution in [0.1, 0.15) is 56.3 Å². The molecule has 2 atom stereocenters. The van der Waals surface area contributed by atoms with E-state index in [9.17, 15) is 22.2 Å². The zero-order chi connectivity index (χ0) is 30.1. The van der Waals surface area contributed by atoms with Crippen molar-refractivity contribution in [1.29, 1.82) is 0 Å². The lowest BCUT2D eigenvalue weighted by atomic mass is 10.0. The molecule has 1 aliphatic carbocycles. The highest BCUT2D eigenvalue weighted by Gasteiger charge is 2.62. The van der Waals surface area contributed by atoms with Gasteiger partial charge in [-0.2, -0.15) is 13.2 Å². The molecule has 2 unspecified atom stereocenters. The third kappa shape index (κ3) is 7.04. The minimum absolute atomic E-state index is 0.0107. The number of ether oxygens (including phenoxy) is 1. The van der Waals surface area contributed by atoms with Crippen LogP contribution in [0.15, 0.2) is 47.6 Å². The number of aromatic nitrogens is 4. The van der Waals surface area contributed by atoms with Crippen molar-refractivity contribution in [3.05, 3.63) is 53.3 Å². The molecule has 0 bridgehead atoms. The number of hydrogen-bond acceptors (Lipinski definition) is 8. The van der Waals surface area contributed by atoms with Gasteiger partial charge < -0.3 is 15.4 Å². The Kier molecular flexibility index (Phi) is 8.50. The third-order valence-corrected chi connectivity index (χ3v) is 8.77. The Hall–Kier alpha value is -3.23. The first-order valence-electron chi connectivity index (χ1n) is 13.5. The third-order valence-electron chi connectivity index (χ3n) is 7.50. The fourth-order valence-corrected chi connectivity index (χ4v) is 5.83. The molecule has 5 rings (SSSR count). The lowest BCUT2D eigenvalue weighted by Gasteiger charge is -2.20.